The van der Waals surface area contributed by atoms with Crippen LogP contribution in [-0.2, 0) is 0 Å². The Labute approximate surface area is 119 Å². The van der Waals surface area contributed by atoms with Crippen molar-refractivity contribution in [1.29, 1.82) is 0 Å². The van der Waals surface area contributed by atoms with E-state index in [0.29, 0.717) is 6.04 Å². The number of hydrogen-bond donors (Lipinski definition) is 1. The molecule has 0 saturated heterocycles. The number of nitrogens with zero attached hydrogens (tertiary/aromatic N) is 1. The maximum Gasteiger partial charge on any atom is 0.178 e. The Bertz CT molecular complexity index is 573. The second-order valence-corrected chi connectivity index (χ2v) is 6.59. The molecule has 2 nitrogen and oxygen atoms in total. The summed E-state index contributed by atoms with van der Waals surface area (Å²) >= 11 is 10.8. The predicted molar refractivity (Wildman–Crippen MR) is 82.5 cm³/mol. The monoisotopic (exact) mass is 330 g/mol. The first-order chi connectivity index (χ1) is 8.13. The van der Waals surface area contributed by atoms with E-state index in [1.54, 1.807) is 0 Å². The molecule has 0 bridgehead atoms. The Morgan fingerprint density at radius 2 is 2.29 bits per heavy atom. The SMILES string of the molecule is CCSCC(C)n1c(=S)[nH]c2cc(Br)ccc21. The van der Waals surface area contributed by atoms with Crippen molar-refractivity contribution >= 4 is 50.9 Å². The van der Waals surface area contributed by atoms with Gasteiger partial charge >= 0.3 is 0 Å². The van der Waals surface area contributed by atoms with Crippen LogP contribution in [0, 0.1) is 4.77 Å². The van der Waals surface area contributed by atoms with Gasteiger partial charge in [0.2, 0.25) is 0 Å². The molecule has 0 saturated carbocycles. The largest absolute Gasteiger partial charge is 0.331 e. The lowest BCUT2D eigenvalue weighted by Crippen LogP contribution is -2.07. The Kier molecular flexibility index (Phi) is 4.33. The highest BCUT2D eigenvalue weighted by Gasteiger charge is 2.10. The second-order valence-electron chi connectivity index (χ2n) is 3.97. The van der Waals surface area contributed by atoms with Crippen LogP contribution in [0.4, 0.5) is 0 Å². The molecule has 0 amide bonds. The van der Waals surface area contributed by atoms with Gasteiger partial charge in [-0.1, -0.05) is 22.9 Å². The normalized spacial score (nSPS) is 13.1. The summed E-state index contributed by atoms with van der Waals surface area (Å²) in [4.78, 5) is 3.26. The van der Waals surface area contributed by atoms with Crippen LogP contribution in [0.1, 0.15) is 19.9 Å². The van der Waals surface area contributed by atoms with Gasteiger partial charge in [-0.15, -0.1) is 0 Å². The van der Waals surface area contributed by atoms with Gasteiger partial charge in [0.1, 0.15) is 0 Å². The van der Waals surface area contributed by atoms with E-state index in [1.807, 2.05) is 11.8 Å². The molecule has 1 N–H and O–H groups in total. The van der Waals surface area contributed by atoms with Gasteiger partial charge in [0.15, 0.2) is 4.77 Å². The molecular weight excluding hydrogens is 316 g/mol. The van der Waals surface area contributed by atoms with Crippen molar-refractivity contribution in [1.82, 2.24) is 9.55 Å². The second kappa shape index (κ2) is 5.59. The highest BCUT2D eigenvalue weighted by molar-refractivity contribution is 9.10. The minimum absolute atomic E-state index is 0.419. The van der Waals surface area contributed by atoms with E-state index < -0.39 is 0 Å². The summed E-state index contributed by atoms with van der Waals surface area (Å²) < 4.78 is 4.09. The Morgan fingerprint density at radius 3 is 3.00 bits per heavy atom. The lowest BCUT2D eigenvalue weighted by Gasteiger charge is -2.13. The fraction of sp³-hybridized carbons (Fsp3) is 0.417. The molecule has 1 unspecified atom stereocenters. The van der Waals surface area contributed by atoms with Crippen molar-refractivity contribution in [2.75, 3.05) is 11.5 Å². The number of aromatic amines is 1. The number of thioether (sulfide) groups is 1. The molecule has 1 atom stereocenters. The number of benzene rings is 1. The highest BCUT2D eigenvalue weighted by Crippen LogP contribution is 2.24. The number of nitrogens with one attached hydrogen (secondary N) is 1. The molecular formula is C12H15BrN2S2. The van der Waals surface area contributed by atoms with Crippen molar-refractivity contribution in [2.24, 2.45) is 0 Å². The third-order valence-corrected chi connectivity index (χ3v) is 4.60. The molecule has 1 aromatic carbocycles. The van der Waals surface area contributed by atoms with Gasteiger partial charge in [-0.2, -0.15) is 11.8 Å². The summed E-state index contributed by atoms with van der Waals surface area (Å²) in [5.74, 6) is 2.24. The first kappa shape index (κ1) is 13.2. The highest BCUT2D eigenvalue weighted by atomic mass is 79.9. The van der Waals surface area contributed by atoms with E-state index in [1.165, 1.54) is 5.52 Å². The lowest BCUT2D eigenvalue weighted by molar-refractivity contribution is 0.619. The molecule has 1 aromatic heterocycles. The minimum atomic E-state index is 0.419. The molecule has 2 aromatic rings. The molecule has 0 aliphatic heterocycles. The maximum atomic E-state index is 5.41. The number of halogens is 1. The molecule has 0 fully saturated rings. The van der Waals surface area contributed by atoms with E-state index in [0.717, 1.165) is 26.3 Å². The van der Waals surface area contributed by atoms with Crippen molar-refractivity contribution in [2.45, 2.75) is 19.9 Å². The van der Waals surface area contributed by atoms with Crippen molar-refractivity contribution in [3.8, 4) is 0 Å². The molecule has 1 heterocycles. The van der Waals surface area contributed by atoms with Crippen molar-refractivity contribution in [3.63, 3.8) is 0 Å². The van der Waals surface area contributed by atoms with E-state index in [4.69, 9.17) is 12.2 Å². The van der Waals surface area contributed by atoms with Crippen LogP contribution in [0.15, 0.2) is 22.7 Å². The standard InChI is InChI=1S/C12H15BrN2S2/c1-3-17-7-8(2)15-11-5-4-9(13)6-10(11)14-12(15)16/h4-6,8H,3,7H2,1-2H3,(H,14,16). The van der Waals surface area contributed by atoms with Crippen LogP contribution < -0.4 is 0 Å². The summed E-state index contributed by atoms with van der Waals surface area (Å²) in [5, 5.41) is 0. The zero-order valence-corrected chi connectivity index (χ0v) is 13.1. The zero-order valence-electron chi connectivity index (χ0n) is 9.87. The summed E-state index contributed by atoms with van der Waals surface area (Å²) in [7, 11) is 0. The average Bonchev–Trinajstić information content (AvgIpc) is 2.61. The molecule has 0 spiro atoms. The van der Waals surface area contributed by atoms with E-state index in [-0.39, 0.29) is 0 Å². The van der Waals surface area contributed by atoms with Crippen LogP contribution in [0.3, 0.4) is 0 Å². The fourth-order valence-corrected chi connectivity index (χ4v) is 3.38. The van der Waals surface area contributed by atoms with Crippen LogP contribution in [-0.4, -0.2) is 21.1 Å². The van der Waals surface area contributed by atoms with Gasteiger partial charge < -0.3 is 9.55 Å². The molecule has 0 aliphatic carbocycles. The minimum Gasteiger partial charge on any atom is -0.331 e. The van der Waals surface area contributed by atoms with Gasteiger partial charge in [-0.3, -0.25) is 0 Å². The third kappa shape index (κ3) is 2.77. The summed E-state index contributed by atoms with van der Waals surface area (Å²) in [6.07, 6.45) is 0. The molecule has 17 heavy (non-hydrogen) atoms. The zero-order chi connectivity index (χ0) is 12.4. The van der Waals surface area contributed by atoms with Crippen LogP contribution in [0.2, 0.25) is 0 Å². The Hall–Kier alpha value is -0.260. The van der Waals surface area contributed by atoms with E-state index >= 15 is 0 Å². The van der Waals surface area contributed by atoms with Gasteiger partial charge in [0, 0.05) is 16.3 Å². The first-order valence-corrected chi connectivity index (χ1v) is 7.96. The number of rotatable bonds is 4. The average molecular weight is 331 g/mol. The first-order valence-electron chi connectivity index (χ1n) is 5.61. The molecule has 0 aliphatic rings. The number of aromatic nitrogens is 2. The van der Waals surface area contributed by atoms with Gasteiger partial charge in [-0.05, 0) is 43.1 Å². The topological polar surface area (TPSA) is 20.7 Å². The van der Waals surface area contributed by atoms with Crippen molar-refractivity contribution < 1.29 is 0 Å². The maximum absolute atomic E-state index is 5.41. The molecule has 5 heteroatoms. The number of H-pyrrole nitrogens is 1. The molecule has 0 radical (unpaired) electrons. The lowest BCUT2D eigenvalue weighted by atomic mass is 10.3. The molecule has 92 valence electrons. The predicted octanol–water partition coefficient (Wildman–Crippen LogP) is 4.78. The number of fused-ring (bicyclic) bond motifs is 1. The molecule has 2 rings (SSSR count). The van der Waals surface area contributed by atoms with Gasteiger partial charge in [-0.25, -0.2) is 0 Å². The van der Waals surface area contributed by atoms with Gasteiger partial charge in [0.25, 0.3) is 0 Å². The van der Waals surface area contributed by atoms with Crippen molar-refractivity contribution in [3.05, 3.63) is 27.4 Å². The Balaban J connectivity index is 2.46. The summed E-state index contributed by atoms with van der Waals surface area (Å²) in [6, 6.07) is 6.66. The smallest absolute Gasteiger partial charge is 0.178 e. The summed E-state index contributed by atoms with van der Waals surface area (Å²) in [6.45, 7) is 4.40. The summed E-state index contributed by atoms with van der Waals surface area (Å²) in [5.41, 5.74) is 2.28. The fourth-order valence-electron chi connectivity index (χ4n) is 1.90. The van der Waals surface area contributed by atoms with E-state index in [9.17, 15) is 0 Å². The van der Waals surface area contributed by atoms with Crippen LogP contribution >= 0.6 is 39.9 Å². The number of hydrogen-bond acceptors (Lipinski definition) is 2. The Morgan fingerprint density at radius 1 is 1.53 bits per heavy atom. The van der Waals surface area contributed by atoms with Crippen LogP contribution in [0.5, 0.6) is 0 Å². The quantitative estimate of drug-likeness (QED) is 0.814. The van der Waals surface area contributed by atoms with Gasteiger partial charge in [0.05, 0.1) is 11.0 Å². The van der Waals surface area contributed by atoms with E-state index in [2.05, 4.69) is 57.5 Å². The third-order valence-electron chi connectivity index (χ3n) is 2.68. The van der Waals surface area contributed by atoms with Crippen LogP contribution in [0.25, 0.3) is 11.0 Å². The number of imidazole rings is 1.